The van der Waals surface area contributed by atoms with Crippen molar-refractivity contribution in [2.24, 2.45) is 4.99 Å². The van der Waals surface area contributed by atoms with E-state index in [1.807, 2.05) is 0 Å². The summed E-state index contributed by atoms with van der Waals surface area (Å²) < 4.78 is 0. The first-order valence-electron chi connectivity index (χ1n) is 4.11. The Morgan fingerprint density at radius 3 is 2.87 bits per heavy atom. The zero-order valence-corrected chi connectivity index (χ0v) is 8.21. The second kappa shape index (κ2) is 3.69. The highest BCUT2D eigenvalue weighted by Crippen LogP contribution is 2.23. The van der Waals surface area contributed by atoms with Crippen LogP contribution in [0.3, 0.4) is 0 Å². The molecule has 2 aromatic rings. The Labute approximate surface area is 89.2 Å². The van der Waals surface area contributed by atoms with Crippen molar-refractivity contribution >= 4 is 34.1 Å². The molecular weight excluding hydrogens is 216 g/mol. The molecule has 74 valence electrons. The first kappa shape index (κ1) is 9.65. The molecule has 0 unspecified atom stereocenters. The van der Waals surface area contributed by atoms with Crippen LogP contribution in [0.2, 0.25) is 5.02 Å². The van der Waals surface area contributed by atoms with E-state index < -0.39 is 0 Å². The third kappa shape index (κ3) is 1.68. The van der Waals surface area contributed by atoms with Crippen molar-refractivity contribution in [2.45, 2.75) is 0 Å². The van der Waals surface area contributed by atoms with E-state index in [4.69, 9.17) is 11.6 Å². The van der Waals surface area contributed by atoms with Crippen LogP contribution in [0.5, 0.6) is 0 Å². The number of rotatable bonds is 1. The summed E-state index contributed by atoms with van der Waals surface area (Å²) in [5, 5.41) is 1.48. The van der Waals surface area contributed by atoms with E-state index in [1.165, 1.54) is 18.3 Å². The van der Waals surface area contributed by atoms with Gasteiger partial charge in [-0.05, 0) is 12.1 Å². The molecule has 0 aliphatic carbocycles. The van der Waals surface area contributed by atoms with Gasteiger partial charge in [-0.1, -0.05) is 17.7 Å². The first-order chi connectivity index (χ1) is 7.22. The van der Waals surface area contributed by atoms with Crippen LogP contribution < -0.4 is 5.56 Å². The van der Waals surface area contributed by atoms with Crippen molar-refractivity contribution < 1.29 is 4.79 Å². The summed E-state index contributed by atoms with van der Waals surface area (Å²) in [5.41, 5.74) is 0.114. The average molecular weight is 221 g/mol. The summed E-state index contributed by atoms with van der Waals surface area (Å²) in [4.78, 5) is 27.4. The van der Waals surface area contributed by atoms with Crippen LogP contribution in [0, 0.1) is 0 Å². The van der Waals surface area contributed by atoms with Crippen LogP contribution >= 0.6 is 11.6 Å². The summed E-state index contributed by atoms with van der Waals surface area (Å²) in [6.45, 7) is 0. The number of hydrogen-bond donors (Lipinski definition) is 1. The number of pyridine rings is 1. The number of isocyanates is 1. The molecule has 0 aliphatic rings. The fraction of sp³-hybridized carbons (Fsp3) is 0. The van der Waals surface area contributed by atoms with E-state index in [-0.39, 0.29) is 5.56 Å². The molecule has 0 spiro atoms. The first-order valence-corrected chi connectivity index (χ1v) is 4.49. The maximum atomic E-state index is 11.4. The number of aromatic nitrogens is 1. The maximum Gasteiger partial charge on any atom is 0.255 e. The largest absolute Gasteiger partial charge is 0.327 e. The van der Waals surface area contributed by atoms with E-state index >= 15 is 0 Å². The normalized spacial score (nSPS) is 9.93. The van der Waals surface area contributed by atoms with Crippen LogP contribution in [0.25, 0.3) is 10.8 Å². The Morgan fingerprint density at radius 2 is 2.13 bits per heavy atom. The highest BCUT2D eigenvalue weighted by molar-refractivity contribution is 6.35. The van der Waals surface area contributed by atoms with Gasteiger partial charge in [0, 0.05) is 11.6 Å². The minimum atomic E-state index is -0.266. The minimum absolute atomic E-state index is 0.266. The molecule has 0 atom stereocenters. The van der Waals surface area contributed by atoms with Crippen LogP contribution in [-0.4, -0.2) is 11.1 Å². The molecule has 0 fully saturated rings. The zero-order valence-electron chi connectivity index (χ0n) is 7.45. The molecule has 0 radical (unpaired) electrons. The molecule has 0 saturated heterocycles. The van der Waals surface area contributed by atoms with Gasteiger partial charge in [-0.2, -0.15) is 4.99 Å². The van der Waals surface area contributed by atoms with Crippen molar-refractivity contribution in [3.05, 3.63) is 39.8 Å². The molecule has 5 heteroatoms. The van der Waals surface area contributed by atoms with E-state index in [9.17, 15) is 9.59 Å². The van der Waals surface area contributed by atoms with E-state index in [0.717, 1.165) is 0 Å². The highest BCUT2D eigenvalue weighted by Gasteiger charge is 2.03. The fourth-order valence-corrected chi connectivity index (χ4v) is 1.55. The second-order valence-corrected chi connectivity index (χ2v) is 3.31. The number of nitrogens with one attached hydrogen (secondary N) is 1. The molecule has 0 aliphatic heterocycles. The molecule has 0 amide bonds. The number of fused-ring (bicyclic) bond motifs is 1. The van der Waals surface area contributed by atoms with Gasteiger partial charge < -0.3 is 4.98 Å². The predicted octanol–water partition coefficient (Wildman–Crippen LogP) is 2.15. The SMILES string of the molecule is O=C=Nc1ccc2c(Cl)c[nH]c(=O)c2c1. The molecule has 1 N–H and O–H groups in total. The van der Waals surface area contributed by atoms with E-state index in [1.54, 1.807) is 12.1 Å². The standard InChI is InChI=1S/C10H5ClN2O2/c11-9-4-12-10(15)8-3-6(13-5-14)1-2-7(8)9/h1-4H,(H,12,15). The van der Waals surface area contributed by atoms with Crippen LogP contribution in [0.4, 0.5) is 5.69 Å². The molecular formula is C10H5ClN2O2. The topological polar surface area (TPSA) is 62.3 Å². The quantitative estimate of drug-likeness (QED) is 0.591. The van der Waals surface area contributed by atoms with Gasteiger partial charge in [0.25, 0.3) is 5.56 Å². The smallest absolute Gasteiger partial charge is 0.255 e. The second-order valence-electron chi connectivity index (χ2n) is 2.90. The summed E-state index contributed by atoms with van der Waals surface area (Å²) in [5.74, 6) is 0. The van der Waals surface area contributed by atoms with E-state index in [0.29, 0.717) is 21.5 Å². The van der Waals surface area contributed by atoms with Gasteiger partial charge in [-0.25, -0.2) is 4.79 Å². The fourth-order valence-electron chi connectivity index (χ4n) is 1.34. The number of hydrogen-bond acceptors (Lipinski definition) is 3. The Kier molecular flexibility index (Phi) is 2.37. The Balaban J connectivity index is 2.87. The number of benzene rings is 1. The molecule has 1 aromatic heterocycles. The zero-order chi connectivity index (χ0) is 10.8. The summed E-state index contributed by atoms with van der Waals surface area (Å²) in [7, 11) is 0. The number of H-pyrrole nitrogens is 1. The summed E-state index contributed by atoms with van der Waals surface area (Å²) in [6.07, 6.45) is 2.84. The lowest BCUT2D eigenvalue weighted by Crippen LogP contribution is -2.04. The Bertz CT molecular complexity index is 627. The van der Waals surface area contributed by atoms with Crippen molar-refractivity contribution in [3.8, 4) is 0 Å². The lowest BCUT2D eigenvalue weighted by molar-refractivity contribution is 0.565. The monoisotopic (exact) mass is 220 g/mol. The predicted molar refractivity (Wildman–Crippen MR) is 57.4 cm³/mol. The molecule has 2 rings (SSSR count). The summed E-state index contributed by atoms with van der Waals surface area (Å²) in [6, 6.07) is 4.73. The summed E-state index contributed by atoms with van der Waals surface area (Å²) >= 11 is 5.88. The lowest BCUT2D eigenvalue weighted by atomic mass is 10.1. The third-order valence-corrected chi connectivity index (χ3v) is 2.32. The van der Waals surface area contributed by atoms with Crippen molar-refractivity contribution in [1.29, 1.82) is 0 Å². The number of aromatic amines is 1. The number of nitrogens with zero attached hydrogens (tertiary/aromatic N) is 1. The van der Waals surface area contributed by atoms with Crippen LogP contribution in [0.15, 0.2) is 34.2 Å². The van der Waals surface area contributed by atoms with Gasteiger partial charge in [-0.15, -0.1) is 0 Å². The highest BCUT2D eigenvalue weighted by atomic mass is 35.5. The van der Waals surface area contributed by atoms with Crippen molar-refractivity contribution in [2.75, 3.05) is 0 Å². The average Bonchev–Trinajstić information content (AvgIpc) is 2.24. The molecule has 0 saturated carbocycles. The maximum absolute atomic E-state index is 11.4. The van der Waals surface area contributed by atoms with E-state index in [2.05, 4.69) is 9.98 Å². The van der Waals surface area contributed by atoms with Gasteiger partial charge in [0.1, 0.15) is 0 Å². The lowest BCUT2D eigenvalue weighted by Gasteiger charge is -1.99. The Morgan fingerprint density at radius 1 is 1.33 bits per heavy atom. The minimum Gasteiger partial charge on any atom is -0.327 e. The third-order valence-electron chi connectivity index (χ3n) is 2.01. The van der Waals surface area contributed by atoms with Crippen molar-refractivity contribution in [3.63, 3.8) is 0 Å². The van der Waals surface area contributed by atoms with Gasteiger partial charge in [0.2, 0.25) is 6.08 Å². The molecule has 1 aromatic carbocycles. The van der Waals surface area contributed by atoms with Gasteiger partial charge in [0.05, 0.1) is 16.1 Å². The molecule has 0 bridgehead atoms. The number of aliphatic imine (C=N–C) groups is 1. The number of halogens is 1. The van der Waals surface area contributed by atoms with Gasteiger partial charge >= 0.3 is 0 Å². The van der Waals surface area contributed by atoms with Crippen molar-refractivity contribution in [1.82, 2.24) is 4.98 Å². The molecule has 1 heterocycles. The Hall–Kier alpha value is -1.90. The van der Waals surface area contributed by atoms with Gasteiger partial charge in [-0.3, -0.25) is 4.79 Å². The van der Waals surface area contributed by atoms with Crippen LogP contribution in [-0.2, 0) is 4.79 Å². The van der Waals surface area contributed by atoms with Crippen LogP contribution in [0.1, 0.15) is 0 Å². The van der Waals surface area contributed by atoms with Gasteiger partial charge in [0.15, 0.2) is 0 Å². The molecule has 15 heavy (non-hydrogen) atoms. The number of carbonyl (C=O) groups excluding carboxylic acids is 1. The molecule has 4 nitrogen and oxygen atoms in total.